The lowest BCUT2D eigenvalue weighted by Crippen LogP contribution is -2.38. The Kier molecular flexibility index (Phi) is 5.80. The highest BCUT2D eigenvalue weighted by molar-refractivity contribution is 7.92. The molecule has 3 aromatic carbocycles. The number of amides is 1. The summed E-state index contributed by atoms with van der Waals surface area (Å²) in [5.74, 6) is -0.411. The average molecular weight is 394 g/mol. The molecule has 3 rings (SSSR count). The molecular weight excluding hydrogens is 372 g/mol. The van der Waals surface area contributed by atoms with Crippen LogP contribution in [0.25, 0.3) is 0 Å². The van der Waals surface area contributed by atoms with Crippen molar-refractivity contribution in [2.24, 2.45) is 0 Å². The van der Waals surface area contributed by atoms with Gasteiger partial charge in [-0.2, -0.15) is 0 Å². The molecule has 0 aromatic heterocycles. The molecular formula is C22H22N2O3S. The van der Waals surface area contributed by atoms with Crippen LogP contribution in [0.2, 0.25) is 0 Å². The molecule has 0 saturated carbocycles. The van der Waals surface area contributed by atoms with Crippen LogP contribution < -0.4 is 9.62 Å². The number of sulfonamides is 1. The van der Waals surface area contributed by atoms with Gasteiger partial charge in [0.15, 0.2) is 0 Å². The minimum Gasteiger partial charge on any atom is -0.325 e. The second kappa shape index (κ2) is 8.27. The van der Waals surface area contributed by atoms with Gasteiger partial charge in [0.25, 0.3) is 10.0 Å². The molecule has 0 unspecified atom stereocenters. The van der Waals surface area contributed by atoms with Gasteiger partial charge in [-0.25, -0.2) is 8.42 Å². The Morgan fingerprint density at radius 2 is 1.50 bits per heavy atom. The Hall–Kier alpha value is -3.12. The van der Waals surface area contributed by atoms with Crippen molar-refractivity contribution in [3.05, 3.63) is 90.0 Å². The lowest BCUT2D eigenvalue weighted by molar-refractivity contribution is -0.114. The van der Waals surface area contributed by atoms with Crippen molar-refractivity contribution in [1.82, 2.24) is 0 Å². The van der Waals surface area contributed by atoms with E-state index < -0.39 is 15.9 Å². The number of benzene rings is 3. The Morgan fingerprint density at radius 1 is 0.893 bits per heavy atom. The van der Waals surface area contributed by atoms with Crippen molar-refractivity contribution in [2.75, 3.05) is 16.2 Å². The third-order valence-electron chi connectivity index (χ3n) is 4.31. The number of aryl methyl sites for hydroxylation is 2. The van der Waals surface area contributed by atoms with Crippen molar-refractivity contribution in [3.63, 3.8) is 0 Å². The molecule has 0 bridgehead atoms. The summed E-state index contributed by atoms with van der Waals surface area (Å²) in [6.07, 6.45) is 0. The third-order valence-corrected chi connectivity index (χ3v) is 6.08. The Morgan fingerprint density at radius 3 is 2.14 bits per heavy atom. The molecule has 0 saturated heterocycles. The number of anilines is 2. The molecule has 0 aliphatic rings. The summed E-state index contributed by atoms with van der Waals surface area (Å²) in [4.78, 5) is 12.8. The Bertz CT molecular complexity index is 1070. The number of rotatable bonds is 6. The lowest BCUT2D eigenvalue weighted by atomic mass is 10.1. The molecule has 6 heteroatoms. The van der Waals surface area contributed by atoms with E-state index in [0.29, 0.717) is 11.4 Å². The number of para-hydroxylation sites is 1. The zero-order valence-electron chi connectivity index (χ0n) is 15.8. The number of hydrogen-bond acceptors (Lipinski definition) is 3. The van der Waals surface area contributed by atoms with E-state index in [2.05, 4.69) is 5.32 Å². The molecule has 1 amide bonds. The number of hydrogen-bond donors (Lipinski definition) is 1. The van der Waals surface area contributed by atoms with Crippen LogP contribution in [0.5, 0.6) is 0 Å². The molecule has 0 aliphatic heterocycles. The molecule has 0 spiro atoms. The second-order valence-electron chi connectivity index (χ2n) is 6.53. The van der Waals surface area contributed by atoms with Crippen molar-refractivity contribution in [2.45, 2.75) is 18.7 Å². The fourth-order valence-corrected chi connectivity index (χ4v) is 4.36. The van der Waals surface area contributed by atoms with E-state index in [4.69, 9.17) is 0 Å². The molecule has 0 aliphatic carbocycles. The summed E-state index contributed by atoms with van der Waals surface area (Å²) < 4.78 is 27.8. The minimum atomic E-state index is -3.91. The first kappa shape index (κ1) is 19.6. The maximum absolute atomic E-state index is 13.3. The summed E-state index contributed by atoms with van der Waals surface area (Å²) in [6, 6.07) is 22.7. The maximum Gasteiger partial charge on any atom is 0.264 e. The van der Waals surface area contributed by atoms with Crippen LogP contribution in [-0.2, 0) is 14.8 Å². The molecule has 0 heterocycles. The highest BCUT2D eigenvalue weighted by Gasteiger charge is 2.28. The minimum absolute atomic E-state index is 0.142. The first-order valence-corrected chi connectivity index (χ1v) is 10.3. The zero-order valence-corrected chi connectivity index (χ0v) is 16.6. The topological polar surface area (TPSA) is 66.5 Å². The molecule has 0 fully saturated rings. The second-order valence-corrected chi connectivity index (χ2v) is 8.39. The van der Waals surface area contributed by atoms with E-state index in [0.717, 1.165) is 11.1 Å². The van der Waals surface area contributed by atoms with Crippen molar-refractivity contribution >= 4 is 27.3 Å². The van der Waals surface area contributed by atoms with Crippen molar-refractivity contribution in [1.29, 1.82) is 0 Å². The standard InChI is InChI=1S/C22H22N2O3S/c1-17-13-14-18(2)21(15-17)24(28(26,27)20-11-7-4-8-12-20)16-22(25)23-19-9-5-3-6-10-19/h3-15H,16H2,1-2H3,(H,23,25). The van der Waals surface area contributed by atoms with Gasteiger partial charge in [0.1, 0.15) is 6.54 Å². The summed E-state index contributed by atoms with van der Waals surface area (Å²) in [5.41, 5.74) is 2.80. The van der Waals surface area contributed by atoms with Gasteiger partial charge in [0.2, 0.25) is 5.91 Å². The van der Waals surface area contributed by atoms with Crippen LogP contribution in [-0.4, -0.2) is 20.9 Å². The van der Waals surface area contributed by atoms with Gasteiger partial charge in [-0.15, -0.1) is 0 Å². The van der Waals surface area contributed by atoms with Crippen LogP contribution in [0.15, 0.2) is 83.8 Å². The van der Waals surface area contributed by atoms with Gasteiger partial charge in [-0.3, -0.25) is 9.10 Å². The average Bonchev–Trinajstić information content (AvgIpc) is 2.69. The van der Waals surface area contributed by atoms with E-state index in [9.17, 15) is 13.2 Å². The van der Waals surface area contributed by atoms with Gasteiger partial charge in [0.05, 0.1) is 10.6 Å². The van der Waals surface area contributed by atoms with E-state index >= 15 is 0 Å². The van der Waals surface area contributed by atoms with Crippen LogP contribution in [0.4, 0.5) is 11.4 Å². The van der Waals surface area contributed by atoms with Crippen molar-refractivity contribution in [3.8, 4) is 0 Å². The van der Waals surface area contributed by atoms with Gasteiger partial charge >= 0.3 is 0 Å². The van der Waals surface area contributed by atoms with Gasteiger partial charge in [-0.1, -0.05) is 48.5 Å². The zero-order chi connectivity index (χ0) is 20.1. The van der Waals surface area contributed by atoms with Gasteiger partial charge < -0.3 is 5.32 Å². The highest BCUT2D eigenvalue weighted by atomic mass is 32.2. The fourth-order valence-electron chi connectivity index (χ4n) is 2.86. The van der Waals surface area contributed by atoms with Crippen molar-refractivity contribution < 1.29 is 13.2 Å². The Labute approximate surface area is 165 Å². The smallest absolute Gasteiger partial charge is 0.264 e. The number of nitrogens with zero attached hydrogens (tertiary/aromatic N) is 1. The van der Waals surface area contributed by atoms with Crippen LogP contribution >= 0.6 is 0 Å². The number of carbonyl (C=O) groups excluding carboxylic acids is 1. The highest BCUT2D eigenvalue weighted by Crippen LogP contribution is 2.28. The molecule has 144 valence electrons. The van der Waals surface area contributed by atoms with E-state index in [-0.39, 0.29) is 11.4 Å². The lowest BCUT2D eigenvalue weighted by Gasteiger charge is -2.26. The van der Waals surface area contributed by atoms with Crippen LogP contribution in [0.1, 0.15) is 11.1 Å². The maximum atomic E-state index is 13.3. The summed E-state index contributed by atoms with van der Waals surface area (Å²) >= 11 is 0. The summed E-state index contributed by atoms with van der Waals surface area (Å²) in [7, 11) is -3.91. The molecule has 1 N–H and O–H groups in total. The fraction of sp³-hybridized carbons (Fsp3) is 0.136. The molecule has 0 radical (unpaired) electrons. The largest absolute Gasteiger partial charge is 0.325 e. The van der Waals surface area contributed by atoms with Crippen LogP contribution in [0, 0.1) is 13.8 Å². The third kappa shape index (κ3) is 4.40. The first-order chi connectivity index (χ1) is 13.4. The van der Waals surface area contributed by atoms with E-state index in [1.807, 2.05) is 32.0 Å². The molecule has 5 nitrogen and oxygen atoms in total. The SMILES string of the molecule is Cc1ccc(C)c(N(CC(=O)Nc2ccccc2)S(=O)(=O)c2ccccc2)c1. The quantitative estimate of drug-likeness (QED) is 0.683. The van der Waals surface area contributed by atoms with Gasteiger partial charge in [-0.05, 0) is 55.3 Å². The normalized spacial score (nSPS) is 11.1. The number of nitrogens with one attached hydrogen (secondary N) is 1. The van der Waals surface area contributed by atoms with Crippen LogP contribution in [0.3, 0.4) is 0 Å². The van der Waals surface area contributed by atoms with E-state index in [1.54, 1.807) is 48.5 Å². The Balaban J connectivity index is 2.00. The summed E-state index contributed by atoms with van der Waals surface area (Å²) in [6.45, 7) is 3.40. The monoisotopic (exact) mass is 394 g/mol. The summed E-state index contributed by atoms with van der Waals surface area (Å²) in [5, 5.41) is 2.75. The predicted molar refractivity (Wildman–Crippen MR) is 112 cm³/mol. The van der Waals surface area contributed by atoms with Gasteiger partial charge in [0, 0.05) is 5.69 Å². The number of carbonyl (C=O) groups is 1. The molecule has 28 heavy (non-hydrogen) atoms. The predicted octanol–water partition coefficient (Wildman–Crippen LogP) is 4.14. The first-order valence-electron chi connectivity index (χ1n) is 8.88. The van der Waals surface area contributed by atoms with E-state index in [1.165, 1.54) is 16.4 Å². The molecule has 0 atom stereocenters. The molecule has 3 aromatic rings.